The number of carbonyl (C=O) groups is 2. The van der Waals surface area contributed by atoms with E-state index in [4.69, 9.17) is 0 Å². The molecule has 6 nitrogen and oxygen atoms in total. The second kappa shape index (κ2) is 9.41. The van der Waals surface area contributed by atoms with Crippen molar-refractivity contribution in [3.63, 3.8) is 0 Å². The Balaban J connectivity index is 1.42. The lowest BCUT2D eigenvalue weighted by Gasteiger charge is -2.45. The van der Waals surface area contributed by atoms with E-state index in [-0.39, 0.29) is 17.9 Å². The van der Waals surface area contributed by atoms with Gasteiger partial charge in [0.2, 0.25) is 5.91 Å². The monoisotopic (exact) mass is 470 g/mol. The maximum atomic E-state index is 13.8. The van der Waals surface area contributed by atoms with Crippen LogP contribution in [0.15, 0.2) is 12.1 Å². The second-order valence-electron chi connectivity index (χ2n) is 10.4. The fourth-order valence-corrected chi connectivity index (χ4v) is 7.00. The number of rotatable bonds is 7. The molecule has 1 atom stereocenters. The number of carbonyl (C=O) groups excluding carboxylic acids is 2. The van der Waals surface area contributed by atoms with Crippen LogP contribution in [0.1, 0.15) is 80.6 Å². The van der Waals surface area contributed by atoms with Crippen molar-refractivity contribution in [3.05, 3.63) is 22.7 Å². The SMILES string of the molecule is CCc1cc2c(cc3n2CC(C)(C(=O)NC2CCCCC2)N(CCCN2CCCC2)C3=O)s1. The number of thiophene rings is 1. The minimum Gasteiger partial charge on any atom is -0.351 e. The molecule has 5 rings (SSSR count). The van der Waals surface area contributed by atoms with Crippen LogP contribution >= 0.6 is 11.3 Å². The standard InChI is InChI=1S/C26H38N4O2S/c1-3-20-16-21-23(33-20)17-22-24(31)30(15-9-14-28-12-7-8-13-28)26(2,18-29(21)22)25(32)27-19-10-5-4-6-11-19/h16-17,19H,3-15,18H2,1-2H3,(H,27,32). The van der Waals surface area contributed by atoms with Gasteiger partial charge in [0.1, 0.15) is 11.2 Å². The van der Waals surface area contributed by atoms with Crippen LogP contribution in [0.4, 0.5) is 0 Å². The van der Waals surface area contributed by atoms with Crippen LogP contribution in [0.25, 0.3) is 10.2 Å². The molecule has 2 fully saturated rings. The highest BCUT2D eigenvalue weighted by Crippen LogP contribution is 2.36. The number of aromatic nitrogens is 1. The van der Waals surface area contributed by atoms with Crippen LogP contribution in [-0.2, 0) is 17.8 Å². The minimum absolute atomic E-state index is 0.00501. The van der Waals surface area contributed by atoms with E-state index < -0.39 is 5.54 Å². The van der Waals surface area contributed by atoms with Crippen molar-refractivity contribution in [2.24, 2.45) is 0 Å². The summed E-state index contributed by atoms with van der Waals surface area (Å²) in [6.07, 6.45) is 10.2. The Labute approximate surface area is 201 Å². The van der Waals surface area contributed by atoms with Crippen LogP contribution in [0, 0.1) is 0 Å². The van der Waals surface area contributed by atoms with Gasteiger partial charge in [0.05, 0.1) is 16.8 Å². The molecule has 2 amide bonds. The summed E-state index contributed by atoms with van der Waals surface area (Å²) < 4.78 is 3.27. The van der Waals surface area contributed by atoms with Gasteiger partial charge in [-0.25, -0.2) is 0 Å². The summed E-state index contributed by atoms with van der Waals surface area (Å²) in [5.74, 6) is 0.0211. The first-order chi connectivity index (χ1) is 16.0. The largest absolute Gasteiger partial charge is 0.351 e. The molecule has 7 heteroatoms. The lowest BCUT2D eigenvalue weighted by Crippen LogP contribution is -2.65. The molecule has 1 N–H and O–H groups in total. The first-order valence-electron chi connectivity index (χ1n) is 13.0. The highest BCUT2D eigenvalue weighted by Gasteiger charge is 2.48. The molecule has 2 aromatic rings. The average Bonchev–Trinajstić information content (AvgIpc) is 3.54. The molecule has 33 heavy (non-hydrogen) atoms. The number of aryl methyl sites for hydroxylation is 1. The first-order valence-corrected chi connectivity index (χ1v) is 13.8. The van der Waals surface area contributed by atoms with E-state index >= 15 is 0 Å². The molecular formula is C26H38N4O2S. The van der Waals surface area contributed by atoms with E-state index in [9.17, 15) is 9.59 Å². The Kier molecular flexibility index (Phi) is 6.54. The number of hydrogen-bond donors (Lipinski definition) is 1. The second-order valence-corrected chi connectivity index (χ2v) is 11.5. The van der Waals surface area contributed by atoms with E-state index in [1.165, 1.54) is 37.0 Å². The normalized spacial score (nSPS) is 24.5. The van der Waals surface area contributed by atoms with E-state index in [1.54, 1.807) is 11.3 Å². The zero-order chi connectivity index (χ0) is 23.0. The Morgan fingerprint density at radius 2 is 1.88 bits per heavy atom. The van der Waals surface area contributed by atoms with Crippen LogP contribution < -0.4 is 5.32 Å². The van der Waals surface area contributed by atoms with Crippen LogP contribution in [0.3, 0.4) is 0 Å². The molecule has 1 unspecified atom stereocenters. The minimum atomic E-state index is -0.868. The maximum Gasteiger partial charge on any atom is 0.271 e. The number of nitrogens with zero attached hydrogens (tertiary/aromatic N) is 3. The van der Waals surface area contributed by atoms with E-state index in [1.807, 2.05) is 17.9 Å². The number of amides is 2. The van der Waals surface area contributed by atoms with Crippen LogP contribution in [0.2, 0.25) is 0 Å². The van der Waals surface area contributed by atoms with Crippen molar-refractivity contribution in [2.75, 3.05) is 26.2 Å². The fraction of sp³-hybridized carbons (Fsp3) is 0.692. The third-order valence-corrected chi connectivity index (χ3v) is 9.21. The van der Waals surface area contributed by atoms with Crippen molar-refractivity contribution in [3.8, 4) is 0 Å². The van der Waals surface area contributed by atoms with E-state index in [0.29, 0.717) is 13.1 Å². The predicted octanol–water partition coefficient (Wildman–Crippen LogP) is 4.41. The highest BCUT2D eigenvalue weighted by molar-refractivity contribution is 7.19. The van der Waals surface area contributed by atoms with Gasteiger partial charge in [-0.2, -0.15) is 0 Å². The summed E-state index contributed by atoms with van der Waals surface area (Å²) >= 11 is 1.77. The molecule has 1 saturated carbocycles. The van der Waals surface area contributed by atoms with Gasteiger partial charge in [0.25, 0.3) is 5.91 Å². The third kappa shape index (κ3) is 4.34. The van der Waals surface area contributed by atoms with Gasteiger partial charge in [-0.1, -0.05) is 26.2 Å². The van der Waals surface area contributed by atoms with E-state index in [0.717, 1.165) is 61.2 Å². The van der Waals surface area contributed by atoms with Crippen molar-refractivity contribution < 1.29 is 9.59 Å². The molecule has 1 aliphatic carbocycles. The average molecular weight is 471 g/mol. The van der Waals surface area contributed by atoms with Gasteiger partial charge in [0, 0.05) is 17.5 Å². The van der Waals surface area contributed by atoms with E-state index in [2.05, 4.69) is 27.8 Å². The number of likely N-dealkylation sites (tertiary alicyclic amines) is 1. The number of hydrogen-bond acceptors (Lipinski definition) is 4. The fourth-order valence-electron chi connectivity index (χ4n) is 5.96. The molecule has 4 heterocycles. The van der Waals surface area contributed by atoms with Gasteiger partial charge in [-0.15, -0.1) is 11.3 Å². The Morgan fingerprint density at radius 3 is 2.61 bits per heavy atom. The molecular weight excluding hydrogens is 432 g/mol. The zero-order valence-electron chi connectivity index (χ0n) is 20.2. The molecule has 0 bridgehead atoms. The predicted molar refractivity (Wildman–Crippen MR) is 134 cm³/mol. The zero-order valence-corrected chi connectivity index (χ0v) is 21.0. The van der Waals surface area contributed by atoms with Gasteiger partial charge in [0.15, 0.2) is 0 Å². The lowest BCUT2D eigenvalue weighted by molar-refractivity contribution is -0.133. The van der Waals surface area contributed by atoms with Crippen molar-refractivity contribution in [1.82, 2.24) is 19.7 Å². The van der Waals surface area contributed by atoms with Gasteiger partial charge in [-0.3, -0.25) is 9.59 Å². The van der Waals surface area contributed by atoms with Crippen molar-refractivity contribution in [1.29, 1.82) is 0 Å². The van der Waals surface area contributed by atoms with Gasteiger partial charge in [-0.05, 0) is 77.2 Å². The quantitative estimate of drug-likeness (QED) is 0.652. The van der Waals surface area contributed by atoms with Crippen LogP contribution in [0.5, 0.6) is 0 Å². The van der Waals surface area contributed by atoms with Crippen molar-refractivity contribution in [2.45, 2.75) is 89.8 Å². The smallest absolute Gasteiger partial charge is 0.271 e. The van der Waals surface area contributed by atoms with Crippen molar-refractivity contribution >= 4 is 33.4 Å². The Hall–Kier alpha value is -1.86. The number of fused-ring (bicyclic) bond motifs is 3. The Bertz CT molecular complexity index is 1020. The molecule has 0 spiro atoms. The maximum absolute atomic E-state index is 13.8. The summed E-state index contributed by atoms with van der Waals surface area (Å²) in [6, 6.07) is 4.50. The summed E-state index contributed by atoms with van der Waals surface area (Å²) in [4.78, 5) is 33.3. The topological polar surface area (TPSA) is 57.6 Å². The molecule has 1 saturated heterocycles. The molecule has 2 aliphatic heterocycles. The first kappa shape index (κ1) is 22.9. The highest BCUT2D eigenvalue weighted by atomic mass is 32.1. The summed E-state index contributed by atoms with van der Waals surface area (Å²) in [5.41, 5.74) is 0.976. The molecule has 3 aliphatic rings. The summed E-state index contributed by atoms with van der Waals surface area (Å²) in [6.45, 7) is 8.62. The summed E-state index contributed by atoms with van der Waals surface area (Å²) in [5, 5.41) is 3.34. The summed E-state index contributed by atoms with van der Waals surface area (Å²) in [7, 11) is 0. The third-order valence-electron chi connectivity index (χ3n) is 8.00. The van der Waals surface area contributed by atoms with Gasteiger partial charge >= 0.3 is 0 Å². The molecule has 180 valence electrons. The number of nitrogens with one attached hydrogen (secondary N) is 1. The molecule has 0 aromatic carbocycles. The Morgan fingerprint density at radius 1 is 1.12 bits per heavy atom. The lowest BCUT2D eigenvalue weighted by atomic mass is 9.91. The molecule has 0 radical (unpaired) electrons. The molecule has 2 aromatic heterocycles. The van der Waals surface area contributed by atoms with Crippen LogP contribution in [-0.4, -0.2) is 63.9 Å². The van der Waals surface area contributed by atoms with Gasteiger partial charge < -0.3 is 19.7 Å².